The average Bonchev–Trinajstić information content (AvgIpc) is 2.22. The zero-order chi connectivity index (χ0) is 11.7. The number of amides is 1. The Bertz CT molecular complexity index is 461. The van der Waals surface area contributed by atoms with E-state index >= 15 is 0 Å². The fraction of sp³-hybridized carbons (Fsp3) is 0.273. The van der Waals surface area contributed by atoms with Gasteiger partial charge >= 0.3 is 0 Å². The Morgan fingerprint density at radius 3 is 2.75 bits per heavy atom. The van der Waals surface area contributed by atoms with Gasteiger partial charge in [-0.05, 0) is 18.2 Å². The summed E-state index contributed by atoms with van der Waals surface area (Å²) in [5, 5.41) is 0.362. The van der Waals surface area contributed by atoms with Crippen LogP contribution >= 0.6 is 11.6 Å². The normalized spacial score (nSPS) is 16.8. The van der Waals surface area contributed by atoms with Crippen LogP contribution in [0.4, 0.5) is 10.1 Å². The summed E-state index contributed by atoms with van der Waals surface area (Å²) in [5.74, 6) is -0.992. The number of Topliss-reactive ketones (excluding diaryl/α,β-unsaturated/α-hetero) is 1. The summed E-state index contributed by atoms with van der Waals surface area (Å²) in [4.78, 5) is 23.9. The first kappa shape index (κ1) is 11.1. The van der Waals surface area contributed by atoms with Gasteiger partial charge in [-0.3, -0.25) is 9.59 Å². The molecular formula is C11H9ClFNO2. The molecule has 0 atom stereocenters. The molecule has 3 nitrogen and oxygen atoms in total. The Balaban J connectivity index is 2.33. The number of carbonyl (C=O) groups is 2. The fourth-order valence-corrected chi connectivity index (χ4v) is 1.83. The number of nitrogens with zero attached hydrogens (tertiary/aromatic N) is 1. The highest BCUT2D eigenvalue weighted by Crippen LogP contribution is 2.26. The Labute approximate surface area is 96.8 Å². The van der Waals surface area contributed by atoms with Crippen molar-refractivity contribution in [3.05, 3.63) is 29.0 Å². The van der Waals surface area contributed by atoms with Crippen molar-refractivity contribution in [3.63, 3.8) is 0 Å². The Morgan fingerprint density at radius 2 is 2.06 bits per heavy atom. The van der Waals surface area contributed by atoms with Crippen molar-refractivity contribution < 1.29 is 14.0 Å². The molecule has 0 unspecified atom stereocenters. The fourth-order valence-electron chi connectivity index (χ4n) is 1.66. The van der Waals surface area contributed by atoms with E-state index in [1.165, 1.54) is 23.1 Å². The molecule has 5 heteroatoms. The highest BCUT2D eigenvalue weighted by atomic mass is 35.5. The van der Waals surface area contributed by atoms with Crippen molar-refractivity contribution in [2.24, 2.45) is 0 Å². The van der Waals surface area contributed by atoms with Gasteiger partial charge in [0.1, 0.15) is 11.6 Å². The van der Waals surface area contributed by atoms with Gasteiger partial charge in [-0.25, -0.2) is 4.39 Å². The van der Waals surface area contributed by atoms with E-state index in [1.54, 1.807) is 0 Å². The van der Waals surface area contributed by atoms with Crippen LogP contribution in [0.15, 0.2) is 18.2 Å². The van der Waals surface area contributed by atoms with Gasteiger partial charge in [-0.15, -0.1) is 0 Å². The third kappa shape index (κ3) is 2.07. The zero-order valence-electron chi connectivity index (χ0n) is 8.37. The number of ketones is 1. The average molecular weight is 242 g/mol. The smallest absolute Gasteiger partial charge is 0.234 e. The van der Waals surface area contributed by atoms with E-state index < -0.39 is 5.82 Å². The lowest BCUT2D eigenvalue weighted by Gasteiger charge is -2.26. The first-order chi connectivity index (χ1) is 7.58. The molecule has 0 spiro atoms. The van der Waals surface area contributed by atoms with Gasteiger partial charge in [-0.2, -0.15) is 0 Å². The van der Waals surface area contributed by atoms with E-state index in [9.17, 15) is 14.0 Å². The van der Waals surface area contributed by atoms with E-state index in [0.29, 0.717) is 5.02 Å². The number of hydrogen-bond acceptors (Lipinski definition) is 2. The molecule has 0 aliphatic carbocycles. The van der Waals surface area contributed by atoms with Crippen LogP contribution in [0.2, 0.25) is 5.02 Å². The topological polar surface area (TPSA) is 37.4 Å². The Kier molecular flexibility index (Phi) is 2.92. The summed E-state index contributed by atoms with van der Waals surface area (Å²) in [6.07, 6.45) is 0.101. The van der Waals surface area contributed by atoms with E-state index in [0.717, 1.165) is 0 Å². The second-order valence-corrected chi connectivity index (χ2v) is 4.04. The molecule has 1 heterocycles. The predicted octanol–water partition coefficient (Wildman–Crippen LogP) is 2.17. The van der Waals surface area contributed by atoms with Crippen LogP contribution in [-0.4, -0.2) is 18.2 Å². The number of piperidine rings is 1. The van der Waals surface area contributed by atoms with Gasteiger partial charge < -0.3 is 4.90 Å². The number of benzene rings is 1. The quantitative estimate of drug-likeness (QED) is 0.707. The van der Waals surface area contributed by atoms with Gasteiger partial charge in [0.2, 0.25) is 5.91 Å². The van der Waals surface area contributed by atoms with Crippen molar-refractivity contribution in [1.29, 1.82) is 0 Å². The molecule has 1 aromatic carbocycles. The summed E-state index contributed by atoms with van der Waals surface area (Å²) < 4.78 is 13.5. The maximum absolute atomic E-state index is 13.5. The lowest BCUT2D eigenvalue weighted by molar-refractivity contribution is -0.128. The number of rotatable bonds is 1. The number of halogens is 2. The molecule has 1 aliphatic rings. The van der Waals surface area contributed by atoms with Crippen LogP contribution in [0.5, 0.6) is 0 Å². The third-order valence-electron chi connectivity index (χ3n) is 2.46. The summed E-state index contributed by atoms with van der Waals surface area (Å²) in [6, 6.07) is 4.02. The van der Waals surface area contributed by atoms with Gasteiger partial charge in [0, 0.05) is 18.0 Å². The van der Waals surface area contributed by atoms with Crippen LogP contribution < -0.4 is 4.90 Å². The lowest BCUT2D eigenvalue weighted by atomic mass is 10.1. The monoisotopic (exact) mass is 241 g/mol. The molecule has 1 amide bonds. The molecule has 2 rings (SSSR count). The molecular weight excluding hydrogens is 233 g/mol. The van der Waals surface area contributed by atoms with Crippen molar-refractivity contribution in [2.45, 2.75) is 12.8 Å². The van der Waals surface area contributed by atoms with Crippen LogP contribution in [0.25, 0.3) is 0 Å². The molecule has 0 bridgehead atoms. The Hall–Kier alpha value is -1.42. The zero-order valence-corrected chi connectivity index (χ0v) is 9.13. The summed E-state index contributed by atoms with van der Waals surface area (Å²) >= 11 is 5.74. The molecule has 84 valence electrons. The highest BCUT2D eigenvalue weighted by molar-refractivity contribution is 6.31. The maximum atomic E-state index is 13.5. The molecule has 16 heavy (non-hydrogen) atoms. The summed E-state index contributed by atoms with van der Waals surface area (Å²) in [7, 11) is 0. The molecule has 1 saturated heterocycles. The molecule has 1 fully saturated rings. The largest absolute Gasteiger partial charge is 0.309 e. The number of carbonyl (C=O) groups excluding carboxylic acids is 2. The van der Waals surface area contributed by atoms with E-state index in [4.69, 9.17) is 11.6 Å². The second-order valence-electron chi connectivity index (χ2n) is 3.61. The number of hydrogen-bond donors (Lipinski definition) is 0. The molecule has 0 N–H and O–H groups in total. The molecule has 0 radical (unpaired) electrons. The minimum absolute atomic E-state index is 0.108. The molecule has 0 saturated carbocycles. The van der Waals surface area contributed by atoms with Gasteiger partial charge in [0.25, 0.3) is 0 Å². The first-order valence-electron chi connectivity index (χ1n) is 4.85. The van der Waals surface area contributed by atoms with Crippen molar-refractivity contribution >= 4 is 29.0 Å². The SMILES string of the molecule is O=C1CCN(c2cc(Cl)ccc2F)C(=O)C1. The van der Waals surface area contributed by atoms with Gasteiger partial charge in [0.05, 0.1) is 12.1 Å². The first-order valence-corrected chi connectivity index (χ1v) is 5.23. The second kappa shape index (κ2) is 4.22. The number of anilines is 1. The standard InChI is InChI=1S/C11H9ClFNO2/c12-7-1-2-9(13)10(5-7)14-4-3-8(15)6-11(14)16/h1-2,5H,3-4,6H2. The highest BCUT2D eigenvalue weighted by Gasteiger charge is 2.26. The lowest BCUT2D eigenvalue weighted by Crippen LogP contribution is -2.39. The predicted molar refractivity (Wildman–Crippen MR) is 58.0 cm³/mol. The molecule has 1 aliphatic heterocycles. The minimum Gasteiger partial charge on any atom is -0.309 e. The summed E-state index contributed by atoms with van der Waals surface area (Å²) in [6.45, 7) is 0.217. The van der Waals surface area contributed by atoms with Crippen LogP contribution in [0.1, 0.15) is 12.8 Å². The third-order valence-corrected chi connectivity index (χ3v) is 2.70. The van der Waals surface area contributed by atoms with Crippen molar-refractivity contribution in [1.82, 2.24) is 0 Å². The van der Waals surface area contributed by atoms with Crippen LogP contribution in [0.3, 0.4) is 0 Å². The van der Waals surface area contributed by atoms with Gasteiger partial charge in [0.15, 0.2) is 0 Å². The molecule has 0 aromatic heterocycles. The van der Waals surface area contributed by atoms with Crippen molar-refractivity contribution in [2.75, 3.05) is 11.4 Å². The van der Waals surface area contributed by atoms with E-state index in [1.807, 2.05) is 0 Å². The van der Waals surface area contributed by atoms with Gasteiger partial charge in [-0.1, -0.05) is 11.6 Å². The summed E-state index contributed by atoms with van der Waals surface area (Å²) in [5.41, 5.74) is 0.144. The maximum Gasteiger partial charge on any atom is 0.234 e. The van der Waals surface area contributed by atoms with Crippen LogP contribution in [-0.2, 0) is 9.59 Å². The molecule has 1 aromatic rings. The van der Waals surface area contributed by atoms with Crippen LogP contribution in [0, 0.1) is 5.82 Å². The van der Waals surface area contributed by atoms with E-state index in [-0.39, 0.29) is 36.8 Å². The minimum atomic E-state index is -0.507. The Morgan fingerprint density at radius 1 is 1.31 bits per heavy atom. The van der Waals surface area contributed by atoms with Crippen molar-refractivity contribution in [3.8, 4) is 0 Å². The van der Waals surface area contributed by atoms with E-state index in [2.05, 4.69) is 0 Å².